The highest BCUT2D eigenvalue weighted by atomic mass is 35.5. The van der Waals surface area contributed by atoms with E-state index >= 15 is 0 Å². The first-order valence-electron chi connectivity index (χ1n) is 8.98. The summed E-state index contributed by atoms with van der Waals surface area (Å²) in [5.74, 6) is 0.459. The van der Waals surface area contributed by atoms with Crippen LogP contribution in [-0.2, 0) is 6.42 Å². The molecular formula is C19H24ClN5O. The first-order chi connectivity index (χ1) is 12.7. The molecule has 26 heavy (non-hydrogen) atoms. The molecule has 0 spiro atoms. The summed E-state index contributed by atoms with van der Waals surface area (Å²) in [7, 11) is 0. The zero-order valence-corrected chi connectivity index (χ0v) is 15.7. The van der Waals surface area contributed by atoms with Crippen molar-refractivity contribution in [3.8, 4) is 0 Å². The molecule has 1 aromatic heterocycles. The van der Waals surface area contributed by atoms with E-state index < -0.39 is 0 Å². The van der Waals surface area contributed by atoms with Crippen LogP contribution in [-0.4, -0.2) is 60.0 Å². The van der Waals surface area contributed by atoms with Crippen molar-refractivity contribution in [3.05, 3.63) is 52.8 Å². The number of carbonyl (C=O) groups is 1. The smallest absolute Gasteiger partial charge is 0.270 e. The second-order valence-electron chi connectivity index (χ2n) is 6.30. The third-order valence-corrected chi connectivity index (χ3v) is 4.84. The maximum Gasteiger partial charge on any atom is 0.270 e. The van der Waals surface area contributed by atoms with Gasteiger partial charge in [-0.25, -0.2) is 9.97 Å². The van der Waals surface area contributed by atoms with E-state index in [4.69, 9.17) is 11.6 Å². The summed E-state index contributed by atoms with van der Waals surface area (Å²) in [6, 6.07) is 9.30. The molecule has 7 heteroatoms. The Morgan fingerprint density at radius 1 is 1.15 bits per heavy atom. The monoisotopic (exact) mass is 373 g/mol. The predicted octanol–water partition coefficient (Wildman–Crippen LogP) is 2.24. The number of hydrogen-bond acceptors (Lipinski definition) is 5. The van der Waals surface area contributed by atoms with E-state index in [-0.39, 0.29) is 5.91 Å². The highest BCUT2D eigenvalue weighted by Crippen LogP contribution is 2.12. The molecule has 1 N–H and O–H groups in total. The number of aromatic nitrogens is 2. The van der Waals surface area contributed by atoms with E-state index in [1.54, 1.807) is 12.3 Å². The third kappa shape index (κ3) is 4.93. The van der Waals surface area contributed by atoms with Gasteiger partial charge in [0, 0.05) is 43.9 Å². The molecule has 1 aromatic carbocycles. The number of nitrogens with zero attached hydrogens (tertiary/aromatic N) is 4. The standard InChI is InChI=1S/C19H24ClN5O/c1-2-24-11-13-25(14-12-24)19-22-10-8-17(23-19)18(26)21-9-7-15-3-5-16(20)6-4-15/h3-6,8,10H,2,7,9,11-14H2,1H3,(H,21,26). The number of anilines is 1. The van der Waals surface area contributed by atoms with Crippen LogP contribution in [0.3, 0.4) is 0 Å². The lowest BCUT2D eigenvalue weighted by molar-refractivity contribution is 0.0949. The number of halogens is 1. The maximum absolute atomic E-state index is 12.4. The molecule has 1 fully saturated rings. The summed E-state index contributed by atoms with van der Waals surface area (Å²) in [6.45, 7) is 7.54. The number of rotatable bonds is 6. The van der Waals surface area contributed by atoms with Crippen LogP contribution in [0.2, 0.25) is 5.02 Å². The van der Waals surface area contributed by atoms with Gasteiger partial charge in [0.25, 0.3) is 5.91 Å². The van der Waals surface area contributed by atoms with Gasteiger partial charge < -0.3 is 15.1 Å². The van der Waals surface area contributed by atoms with Crippen LogP contribution in [0.4, 0.5) is 5.95 Å². The first kappa shape index (κ1) is 18.6. The van der Waals surface area contributed by atoms with Crippen LogP contribution in [0, 0.1) is 0 Å². The van der Waals surface area contributed by atoms with Gasteiger partial charge in [-0.3, -0.25) is 4.79 Å². The molecule has 0 radical (unpaired) electrons. The number of carbonyl (C=O) groups excluding carboxylic acids is 1. The molecule has 0 aliphatic carbocycles. The minimum atomic E-state index is -0.171. The molecule has 0 saturated carbocycles. The molecule has 1 aliphatic heterocycles. The Kier molecular flexibility index (Phi) is 6.41. The molecule has 6 nitrogen and oxygen atoms in total. The average molecular weight is 374 g/mol. The third-order valence-electron chi connectivity index (χ3n) is 4.59. The van der Waals surface area contributed by atoms with Crippen LogP contribution in [0.5, 0.6) is 0 Å². The van der Waals surface area contributed by atoms with Gasteiger partial charge in [0.05, 0.1) is 0 Å². The fourth-order valence-corrected chi connectivity index (χ4v) is 3.08. The molecule has 2 aromatic rings. The Balaban J connectivity index is 1.53. The van der Waals surface area contributed by atoms with Crippen LogP contribution in [0.25, 0.3) is 0 Å². The molecule has 1 aliphatic rings. The van der Waals surface area contributed by atoms with Crippen LogP contribution in [0.1, 0.15) is 23.0 Å². The maximum atomic E-state index is 12.4. The Morgan fingerprint density at radius 3 is 2.58 bits per heavy atom. The van der Waals surface area contributed by atoms with Crippen molar-refractivity contribution >= 4 is 23.5 Å². The highest BCUT2D eigenvalue weighted by Gasteiger charge is 2.19. The molecule has 0 atom stereocenters. The molecule has 2 heterocycles. The second kappa shape index (κ2) is 8.96. The van der Waals surface area contributed by atoms with Gasteiger partial charge >= 0.3 is 0 Å². The van der Waals surface area contributed by atoms with E-state index in [1.165, 1.54) is 0 Å². The normalized spacial score (nSPS) is 15.1. The lowest BCUT2D eigenvalue weighted by Gasteiger charge is -2.34. The van der Waals surface area contributed by atoms with E-state index in [2.05, 4.69) is 32.0 Å². The summed E-state index contributed by atoms with van der Waals surface area (Å²) in [4.78, 5) is 25.7. The van der Waals surface area contributed by atoms with Crippen molar-refractivity contribution in [2.45, 2.75) is 13.3 Å². The molecular weight excluding hydrogens is 350 g/mol. The molecule has 138 valence electrons. The number of benzene rings is 1. The van der Waals surface area contributed by atoms with Gasteiger partial charge in [-0.05, 0) is 36.7 Å². The summed E-state index contributed by atoms with van der Waals surface area (Å²) in [6.07, 6.45) is 2.41. The summed E-state index contributed by atoms with van der Waals surface area (Å²) in [5, 5.41) is 3.63. The van der Waals surface area contributed by atoms with E-state index in [9.17, 15) is 4.79 Å². The second-order valence-corrected chi connectivity index (χ2v) is 6.73. The van der Waals surface area contributed by atoms with Gasteiger partial charge in [0.15, 0.2) is 0 Å². The summed E-state index contributed by atoms with van der Waals surface area (Å²) in [5.41, 5.74) is 1.54. The van der Waals surface area contributed by atoms with Crippen molar-refractivity contribution in [2.75, 3.05) is 44.2 Å². The quantitative estimate of drug-likeness (QED) is 0.841. The molecule has 3 rings (SSSR count). The lowest BCUT2D eigenvalue weighted by atomic mass is 10.1. The van der Waals surface area contributed by atoms with E-state index in [1.807, 2.05) is 24.3 Å². The zero-order chi connectivity index (χ0) is 18.4. The number of nitrogens with one attached hydrogen (secondary N) is 1. The van der Waals surface area contributed by atoms with Crippen LogP contribution in [0.15, 0.2) is 36.5 Å². The summed E-state index contributed by atoms with van der Waals surface area (Å²) >= 11 is 5.88. The molecule has 1 saturated heterocycles. The largest absolute Gasteiger partial charge is 0.350 e. The van der Waals surface area contributed by atoms with Crippen molar-refractivity contribution in [2.24, 2.45) is 0 Å². The zero-order valence-electron chi connectivity index (χ0n) is 15.0. The fourth-order valence-electron chi connectivity index (χ4n) is 2.95. The van der Waals surface area contributed by atoms with Crippen molar-refractivity contribution in [1.82, 2.24) is 20.2 Å². The number of piperazine rings is 1. The van der Waals surface area contributed by atoms with Gasteiger partial charge in [0.1, 0.15) is 5.69 Å². The lowest BCUT2D eigenvalue weighted by Crippen LogP contribution is -2.46. The van der Waals surface area contributed by atoms with E-state index in [0.29, 0.717) is 23.2 Å². The number of hydrogen-bond donors (Lipinski definition) is 1. The topological polar surface area (TPSA) is 61.4 Å². The van der Waals surface area contributed by atoms with Crippen molar-refractivity contribution in [3.63, 3.8) is 0 Å². The van der Waals surface area contributed by atoms with Crippen molar-refractivity contribution in [1.29, 1.82) is 0 Å². The van der Waals surface area contributed by atoms with Gasteiger partial charge in [0.2, 0.25) is 5.95 Å². The molecule has 1 amide bonds. The van der Waals surface area contributed by atoms with Crippen LogP contribution >= 0.6 is 11.6 Å². The molecule has 0 bridgehead atoms. The van der Waals surface area contributed by atoms with Gasteiger partial charge in [-0.1, -0.05) is 30.7 Å². The van der Waals surface area contributed by atoms with Crippen molar-refractivity contribution < 1.29 is 4.79 Å². The van der Waals surface area contributed by atoms with Crippen LogP contribution < -0.4 is 10.2 Å². The highest BCUT2D eigenvalue weighted by molar-refractivity contribution is 6.30. The minimum Gasteiger partial charge on any atom is -0.350 e. The Hall–Kier alpha value is -2.18. The average Bonchev–Trinajstić information content (AvgIpc) is 2.69. The Morgan fingerprint density at radius 2 is 1.88 bits per heavy atom. The first-order valence-corrected chi connectivity index (χ1v) is 9.36. The van der Waals surface area contributed by atoms with Gasteiger partial charge in [-0.15, -0.1) is 0 Å². The minimum absolute atomic E-state index is 0.171. The number of amides is 1. The fraction of sp³-hybridized carbons (Fsp3) is 0.421. The Bertz CT molecular complexity index is 729. The molecule has 0 unspecified atom stereocenters. The van der Waals surface area contributed by atoms with Gasteiger partial charge in [-0.2, -0.15) is 0 Å². The SMILES string of the molecule is CCN1CCN(c2nccc(C(=O)NCCc3ccc(Cl)cc3)n2)CC1. The van der Waals surface area contributed by atoms with E-state index in [0.717, 1.165) is 44.7 Å². The Labute approximate surface area is 159 Å². The summed E-state index contributed by atoms with van der Waals surface area (Å²) < 4.78 is 0. The predicted molar refractivity (Wildman–Crippen MR) is 104 cm³/mol. The number of likely N-dealkylation sites (N-methyl/N-ethyl adjacent to an activating group) is 1.